The standard InChI is InChI=1S/C26H23NOS2/c1-2-20-16-23-24(28-18-19-8-4-3-5-9-19)10-6-13-27(23)22(20)17-26-21(12-15-30-26)25-11-7-14-29-25/h3-16H,2,17-18H2,1H3. The van der Waals surface area contributed by atoms with E-state index in [1.807, 2.05) is 28.7 Å². The molecule has 0 radical (unpaired) electrons. The maximum Gasteiger partial charge on any atom is 0.143 e. The molecule has 2 nitrogen and oxygen atoms in total. The van der Waals surface area contributed by atoms with Gasteiger partial charge in [-0.3, -0.25) is 0 Å². The molecule has 0 atom stereocenters. The molecule has 30 heavy (non-hydrogen) atoms. The van der Waals surface area contributed by atoms with Crippen LogP contribution in [0.2, 0.25) is 0 Å². The molecule has 0 amide bonds. The fourth-order valence-corrected chi connectivity index (χ4v) is 5.66. The number of rotatable bonds is 7. The number of hydrogen-bond donors (Lipinski definition) is 0. The van der Waals surface area contributed by atoms with E-state index in [-0.39, 0.29) is 0 Å². The van der Waals surface area contributed by atoms with Crippen LogP contribution in [0, 0.1) is 0 Å². The summed E-state index contributed by atoms with van der Waals surface area (Å²) in [5.41, 5.74) is 6.44. The molecule has 4 aromatic heterocycles. The summed E-state index contributed by atoms with van der Waals surface area (Å²) in [6.07, 6.45) is 4.11. The van der Waals surface area contributed by atoms with Gasteiger partial charge in [0.2, 0.25) is 0 Å². The van der Waals surface area contributed by atoms with Gasteiger partial charge < -0.3 is 9.14 Å². The van der Waals surface area contributed by atoms with E-state index in [0.29, 0.717) is 6.61 Å². The number of aromatic nitrogens is 1. The van der Waals surface area contributed by atoms with E-state index in [0.717, 1.165) is 24.1 Å². The monoisotopic (exact) mass is 429 g/mol. The number of hydrogen-bond acceptors (Lipinski definition) is 3. The van der Waals surface area contributed by atoms with Gasteiger partial charge in [-0.05, 0) is 58.6 Å². The topological polar surface area (TPSA) is 13.6 Å². The molecule has 5 aromatic rings. The molecule has 0 saturated carbocycles. The van der Waals surface area contributed by atoms with Crippen LogP contribution in [0.3, 0.4) is 0 Å². The molecule has 0 spiro atoms. The van der Waals surface area contributed by atoms with Crippen LogP contribution in [0.1, 0.15) is 28.6 Å². The van der Waals surface area contributed by atoms with Gasteiger partial charge in [0.05, 0.1) is 5.52 Å². The summed E-state index contributed by atoms with van der Waals surface area (Å²) in [6.45, 7) is 2.81. The Morgan fingerprint density at radius 1 is 0.900 bits per heavy atom. The summed E-state index contributed by atoms with van der Waals surface area (Å²) in [6, 6.07) is 23.4. The molecule has 150 valence electrons. The zero-order valence-corrected chi connectivity index (χ0v) is 18.5. The third kappa shape index (κ3) is 3.69. The summed E-state index contributed by atoms with van der Waals surface area (Å²) in [4.78, 5) is 2.76. The SMILES string of the molecule is CCc1cc2c(OCc3ccccc3)cccn2c1Cc1sccc1-c1cccs1. The minimum Gasteiger partial charge on any atom is -0.487 e. The number of benzene rings is 1. The van der Waals surface area contributed by atoms with Crippen molar-refractivity contribution >= 4 is 28.2 Å². The highest BCUT2D eigenvalue weighted by Crippen LogP contribution is 2.35. The molecular formula is C26H23NOS2. The minimum absolute atomic E-state index is 0.579. The van der Waals surface area contributed by atoms with Crippen molar-refractivity contribution in [1.82, 2.24) is 4.40 Å². The van der Waals surface area contributed by atoms with Crippen molar-refractivity contribution in [2.75, 3.05) is 0 Å². The summed E-state index contributed by atoms with van der Waals surface area (Å²) in [5.74, 6) is 0.937. The molecule has 0 bridgehead atoms. The van der Waals surface area contributed by atoms with Crippen LogP contribution in [0.15, 0.2) is 83.7 Å². The van der Waals surface area contributed by atoms with Gasteiger partial charge in [0.25, 0.3) is 0 Å². The van der Waals surface area contributed by atoms with Gasteiger partial charge in [-0.15, -0.1) is 22.7 Å². The smallest absolute Gasteiger partial charge is 0.143 e. The third-order valence-electron chi connectivity index (χ3n) is 5.45. The van der Waals surface area contributed by atoms with Gasteiger partial charge in [-0.1, -0.05) is 43.3 Å². The maximum atomic E-state index is 6.22. The van der Waals surface area contributed by atoms with Crippen molar-refractivity contribution in [2.24, 2.45) is 0 Å². The second kappa shape index (κ2) is 8.50. The molecule has 0 aliphatic heterocycles. The van der Waals surface area contributed by atoms with Gasteiger partial charge in [0.1, 0.15) is 12.4 Å². The molecule has 4 heteroatoms. The number of aryl methyl sites for hydroxylation is 1. The summed E-state index contributed by atoms with van der Waals surface area (Å²) < 4.78 is 8.54. The van der Waals surface area contributed by atoms with Gasteiger partial charge in [-0.25, -0.2) is 0 Å². The lowest BCUT2D eigenvalue weighted by Gasteiger charge is -2.10. The number of nitrogens with zero attached hydrogens (tertiary/aromatic N) is 1. The van der Waals surface area contributed by atoms with Gasteiger partial charge >= 0.3 is 0 Å². The highest BCUT2D eigenvalue weighted by Gasteiger charge is 2.16. The Hall–Kier alpha value is -2.82. The maximum absolute atomic E-state index is 6.22. The Labute approximate surface area is 185 Å². The van der Waals surface area contributed by atoms with Gasteiger partial charge in [0.15, 0.2) is 0 Å². The largest absolute Gasteiger partial charge is 0.487 e. The van der Waals surface area contributed by atoms with Crippen LogP contribution in [0.25, 0.3) is 16.0 Å². The van der Waals surface area contributed by atoms with E-state index in [4.69, 9.17) is 4.74 Å². The van der Waals surface area contributed by atoms with Crippen LogP contribution in [-0.4, -0.2) is 4.40 Å². The fourth-order valence-electron chi connectivity index (χ4n) is 3.92. The molecule has 1 aromatic carbocycles. The fraction of sp³-hybridized carbons (Fsp3) is 0.154. The second-order valence-corrected chi connectivity index (χ2v) is 9.23. The molecule has 0 unspecified atom stereocenters. The van der Waals surface area contributed by atoms with Crippen molar-refractivity contribution in [3.8, 4) is 16.2 Å². The van der Waals surface area contributed by atoms with Crippen molar-refractivity contribution in [1.29, 1.82) is 0 Å². The number of pyridine rings is 1. The van der Waals surface area contributed by atoms with Gasteiger partial charge in [0, 0.05) is 33.6 Å². The average molecular weight is 430 g/mol. The molecule has 0 N–H and O–H groups in total. The molecular weight excluding hydrogens is 406 g/mol. The Bertz CT molecular complexity index is 1250. The Morgan fingerprint density at radius 3 is 2.60 bits per heavy atom. The quantitative estimate of drug-likeness (QED) is 0.262. The van der Waals surface area contributed by atoms with Crippen LogP contribution in [0.4, 0.5) is 0 Å². The van der Waals surface area contributed by atoms with E-state index >= 15 is 0 Å². The summed E-state index contributed by atoms with van der Waals surface area (Å²) >= 11 is 3.66. The Morgan fingerprint density at radius 2 is 1.80 bits per heavy atom. The summed E-state index contributed by atoms with van der Waals surface area (Å²) in [7, 11) is 0. The molecule has 0 aliphatic carbocycles. The minimum atomic E-state index is 0.579. The number of fused-ring (bicyclic) bond motifs is 1. The Balaban J connectivity index is 1.50. The first-order chi connectivity index (χ1) is 14.8. The van der Waals surface area contributed by atoms with E-state index in [2.05, 4.69) is 88.9 Å². The zero-order chi connectivity index (χ0) is 20.3. The third-order valence-corrected chi connectivity index (χ3v) is 7.27. The molecule has 4 heterocycles. The van der Waals surface area contributed by atoms with Crippen molar-refractivity contribution in [2.45, 2.75) is 26.4 Å². The Kier molecular flexibility index (Phi) is 5.43. The van der Waals surface area contributed by atoms with Crippen LogP contribution < -0.4 is 4.74 Å². The lowest BCUT2D eigenvalue weighted by Crippen LogP contribution is -2.00. The predicted molar refractivity (Wildman–Crippen MR) is 128 cm³/mol. The van der Waals surface area contributed by atoms with Gasteiger partial charge in [-0.2, -0.15) is 0 Å². The molecule has 0 fully saturated rings. The first-order valence-corrected chi connectivity index (χ1v) is 12.0. The average Bonchev–Trinajstić information content (AvgIpc) is 3.53. The first-order valence-electron chi connectivity index (χ1n) is 10.2. The predicted octanol–water partition coefficient (Wildman–Crippen LogP) is 7.46. The molecule has 0 saturated heterocycles. The summed E-state index contributed by atoms with van der Waals surface area (Å²) in [5, 5.41) is 4.36. The zero-order valence-electron chi connectivity index (χ0n) is 16.9. The number of ether oxygens (including phenoxy) is 1. The van der Waals surface area contributed by atoms with Crippen molar-refractivity contribution in [3.05, 3.63) is 105 Å². The van der Waals surface area contributed by atoms with E-state index in [9.17, 15) is 0 Å². The van der Waals surface area contributed by atoms with Crippen LogP contribution in [-0.2, 0) is 19.4 Å². The van der Waals surface area contributed by atoms with Crippen LogP contribution in [0.5, 0.6) is 5.75 Å². The van der Waals surface area contributed by atoms with E-state index < -0.39 is 0 Å². The number of thiophene rings is 2. The van der Waals surface area contributed by atoms with Crippen molar-refractivity contribution in [3.63, 3.8) is 0 Å². The molecule has 5 rings (SSSR count). The lowest BCUT2D eigenvalue weighted by molar-refractivity contribution is 0.309. The van der Waals surface area contributed by atoms with E-state index in [1.54, 1.807) is 0 Å². The highest BCUT2D eigenvalue weighted by molar-refractivity contribution is 7.14. The first kappa shape index (κ1) is 19.2. The normalized spacial score (nSPS) is 11.2. The lowest BCUT2D eigenvalue weighted by atomic mass is 10.1. The van der Waals surface area contributed by atoms with Crippen molar-refractivity contribution < 1.29 is 4.74 Å². The van der Waals surface area contributed by atoms with Crippen LogP contribution >= 0.6 is 22.7 Å². The highest BCUT2D eigenvalue weighted by atomic mass is 32.1. The molecule has 0 aliphatic rings. The second-order valence-electron chi connectivity index (χ2n) is 7.28. The van der Waals surface area contributed by atoms with E-state index in [1.165, 1.54) is 32.1 Å².